The Balaban J connectivity index is 1.45. The van der Waals surface area contributed by atoms with Gasteiger partial charge in [-0.2, -0.15) is 4.98 Å². The number of amides is 1. The van der Waals surface area contributed by atoms with Crippen LogP contribution in [0, 0.1) is 0 Å². The number of thiophene rings is 1. The van der Waals surface area contributed by atoms with Crippen LogP contribution in [0.2, 0.25) is 0 Å². The number of ether oxygens (including phenoxy) is 1. The summed E-state index contributed by atoms with van der Waals surface area (Å²) in [4.78, 5) is 17.6. The Morgan fingerprint density at radius 1 is 1.32 bits per heavy atom. The molecule has 0 saturated heterocycles. The number of fused-ring (bicyclic) bond motifs is 1. The number of sulfonamides is 1. The van der Waals surface area contributed by atoms with Crippen molar-refractivity contribution in [1.82, 2.24) is 15.5 Å². The number of hydrogen-bond acceptors (Lipinski definition) is 8. The summed E-state index contributed by atoms with van der Waals surface area (Å²) in [6, 6.07) is 10.4. The lowest BCUT2D eigenvalue weighted by Gasteiger charge is -2.33. The molecule has 1 aliphatic heterocycles. The maximum Gasteiger partial charge on any atom is 0.263 e. The average molecular weight is 420 g/mol. The minimum atomic E-state index is -3.56. The number of nitrogens with one attached hydrogen (secondary N) is 1. The molecule has 1 amide bonds. The number of hydrogen-bond donors (Lipinski definition) is 1. The van der Waals surface area contributed by atoms with Gasteiger partial charge in [-0.05, 0) is 23.6 Å². The van der Waals surface area contributed by atoms with Crippen LogP contribution in [0.4, 0.5) is 5.69 Å². The van der Waals surface area contributed by atoms with Gasteiger partial charge in [-0.1, -0.05) is 23.4 Å². The number of rotatable bonds is 5. The molecule has 3 heterocycles. The molecule has 0 saturated carbocycles. The topological polar surface area (TPSA) is 115 Å². The lowest BCUT2D eigenvalue weighted by Crippen LogP contribution is -2.50. The summed E-state index contributed by atoms with van der Waals surface area (Å²) in [6.07, 6.45) is 0.0959. The monoisotopic (exact) mass is 420 g/mol. The van der Waals surface area contributed by atoms with Crippen molar-refractivity contribution in [2.75, 3.05) is 17.1 Å². The van der Waals surface area contributed by atoms with Crippen molar-refractivity contribution in [3.63, 3.8) is 0 Å². The fourth-order valence-corrected chi connectivity index (χ4v) is 4.33. The second-order valence-electron chi connectivity index (χ2n) is 6.08. The molecule has 2 aromatic heterocycles. The SMILES string of the molecule is CS(=O)(=O)N1C[C@@H](C(=O)NCc2nc(-c3cccs3)no2)Oc2ccccc21. The molecular formula is C17H16N4O5S2. The Bertz CT molecular complexity index is 1090. The van der Waals surface area contributed by atoms with Crippen molar-refractivity contribution < 1.29 is 22.5 Å². The highest BCUT2D eigenvalue weighted by Gasteiger charge is 2.34. The van der Waals surface area contributed by atoms with E-state index < -0.39 is 22.0 Å². The maximum atomic E-state index is 12.5. The molecule has 28 heavy (non-hydrogen) atoms. The Labute approximate surface area is 165 Å². The summed E-state index contributed by atoms with van der Waals surface area (Å²) in [5.74, 6) is 0.550. The molecule has 0 unspecified atom stereocenters. The normalized spacial score (nSPS) is 16.3. The molecule has 0 bridgehead atoms. The zero-order chi connectivity index (χ0) is 19.7. The molecule has 0 aliphatic carbocycles. The van der Waals surface area contributed by atoms with Gasteiger partial charge in [-0.3, -0.25) is 9.10 Å². The predicted octanol–water partition coefficient (Wildman–Crippen LogP) is 1.64. The van der Waals surface area contributed by atoms with E-state index in [-0.39, 0.29) is 19.0 Å². The summed E-state index contributed by atoms with van der Waals surface area (Å²) >= 11 is 1.48. The number of anilines is 1. The summed E-state index contributed by atoms with van der Waals surface area (Å²) in [6.45, 7) is -0.108. The maximum absolute atomic E-state index is 12.5. The highest BCUT2D eigenvalue weighted by atomic mass is 32.2. The first-order chi connectivity index (χ1) is 13.4. The number of aromatic nitrogens is 2. The molecule has 1 N–H and O–H groups in total. The number of carbonyl (C=O) groups is 1. The van der Waals surface area contributed by atoms with Crippen LogP contribution in [0.5, 0.6) is 5.75 Å². The van der Waals surface area contributed by atoms with E-state index in [0.29, 0.717) is 17.3 Å². The molecule has 4 rings (SSSR count). The Morgan fingerprint density at radius 3 is 2.89 bits per heavy atom. The first kappa shape index (κ1) is 18.4. The lowest BCUT2D eigenvalue weighted by molar-refractivity contribution is -0.128. The van der Waals surface area contributed by atoms with Crippen molar-refractivity contribution in [1.29, 1.82) is 0 Å². The fourth-order valence-electron chi connectivity index (χ4n) is 2.76. The molecule has 9 nitrogen and oxygen atoms in total. The average Bonchev–Trinajstić information content (AvgIpc) is 3.36. The van der Waals surface area contributed by atoms with E-state index in [9.17, 15) is 13.2 Å². The van der Waals surface area contributed by atoms with Crippen molar-refractivity contribution in [2.45, 2.75) is 12.6 Å². The fraction of sp³-hybridized carbons (Fsp3) is 0.235. The lowest BCUT2D eigenvalue weighted by atomic mass is 10.2. The van der Waals surface area contributed by atoms with E-state index in [1.807, 2.05) is 17.5 Å². The summed E-state index contributed by atoms with van der Waals surface area (Å²) < 4.78 is 36.2. The van der Waals surface area contributed by atoms with Crippen molar-refractivity contribution >= 4 is 33.0 Å². The molecule has 11 heteroatoms. The second-order valence-corrected chi connectivity index (χ2v) is 8.93. The zero-order valence-corrected chi connectivity index (χ0v) is 16.4. The van der Waals surface area contributed by atoms with Gasteiger partial charge in [0.15, 0.2) is 6.10 Å². The molecule has 1 aliphatic rings. The second kappa shape index (κ2) is 7.24. The van der Waals surface area contributed by atoms with Crippen LogP contribution < -0.4 is 14.4 Å². The largest absolute Gasteiger partial charge is 0.476 e. The van der Waals surface area contributed by atoms with E-state index in [1.165, 1.54) is 11.3 Å². The van der Waals surface area contributed by atoms with Crippen LogP contribution in [0.1, 0.15) is 5.89 Å². The van der Waals surface area contributed by atoms with Crippen molar-refractivity contribution in [3.05, 3.63) is 47.7 Å². The molecule has 0 spiro atoms. The zero-order valence-electron chi connectivity index (χ0n) is 14.7. The van der Waals surface area contributed by atoms with Gasteiger partial charge in [-0.25, -0.2) is 8.42 Å². The van der Waals surface area contributed by atoms with Gasteiger partial charge in [0.1, 0.15) is 5.75 Å². The highest BCUT2D eigenvalue weighted by molar-refractivity contribution is 7.92. The minimum absolute atomic E-state index is 0.0115. The van der Waals surface area contributed by atoms with Gasteiger partial charge in [0.05, 0.1) is 29.9 Å². The van der Waals surface area contributed by atoms with Crippen LogP contribution in [0.25, 0.3) is 10.7 Å². The Hall–Kier alpha value is -2.92. The number of nitrogens with zero attached hydrogens (tertiary/aromatic N) is 3. The molecule has 146 valence electrons. The van der Waals surface area contributed by atoms with Gasteiger partial charge in [-0.15, -0.1) is 11.3 Å². The third-order valence-electron chi connectivity index (χ3n) is 4.05. The van der Waals surface area contributed by atoms with E-state index in [2.05, 4.69) is 15.5 Å². The third-order valence-corrected chi connectivity index (χ3v) is 6.06. The minimum Gasteiger partial charge on any atom is -0.476 e. The summed E-state index contributed by atoms with van der Waals surface area (Å²) in [5, 5.41) is 8.43. The number of carbonyl (C=O) groups excluding carboxylic acids is 1. The first-order valence-corrected chi connectivity index (χ1v) is 11.0. The predicted molar refractivity (Wildman–Crippen MR) is 103 cm³/mol. The van der Waals surface area contributed by atoms with Crippen molar-refractivity contribution in [3.8, 4) is 16.5 Å². The van der Waals surface area contributed by atoms with Crippen LogP contribution in [-0.2, 0) is 21.4 Å². The molecule has 0 radical (unpaired) electrons. The van der Waals surface area contributed by atoms with Gasteiger partial charge in [0, 0.05) is 0 Å². The van der Waals surface area contributed by atoms with Crippen LogP contribution >= 0.6 is 11.3 Å². The van der Waals surface area contributed by atoms with Gasteiger partial charge < -0.3 is 14.6 Å². The van der Waals surface area contributed by atoms with Crippen LogP contribution in [0.15, 0.2) is 46.3 Å². The van der Waals surface area contributed by atoms with E-state index in [0.717, 1.165) is 15.4 Å². The van der Waals surface area contributed by atoms with E-state index >= 15 is 0 Å². The highest BCUT2D eigenvalue weighted by Crippen LogP contribution is 2.34. The van der Waals surface area contributed by atoms with Gasteiger partial charge in [0.25, 0.3) is 5.91 Å². The standard InChI is InChI=1S/C17H16N4O5S2/c1-28(23,24)21-10-13(25-12-6-3-2-5-11(12)21)17(22)18-9-15-19-16(20-26-15)14-7-4-8-27-14/h2-8,13H,9-10H2,1H3,(H,18,22)/t13-/m0/s1. The third kappa shape index (κ3) is 3.71. The summed E-state index contributed by atoms with van der Waals surface area (Å²) in [5.41, 5.74) is 0.409. The molecule has 1 atom stereocenters. The van der Waals surface area contributed by atoms with Crippen LogP contribution in [0.3, 0.4) is 0 Å². The van der Waals surface area contributed by atoms with Gasteiger partial charge in [0.2, 0.25) is 21.7 Å². The Kier molecular flexibility index (Phi) is 4.77. The quantitative estimate of drug-likeness (QED) is 0.667. The van der Waals surface area contributed by atoms with E-state index in [1.54, 1.807) is 24.3 Å². The molecule has 3 aromatic rings. The number of benzene rings is 1. The number of para-hydroxylation sites is 2. The smallest absolute Gasteiger partial charge is 0.263 e. The van der Waals surface area contributed by atoms with Crippen LogP contribution in [-0.4, -0.2) is 43.4 Å². The van der Waals surface area contributed by atoms with E-state index in [4.69, 9.17) is 9.26 Å². The molecule has 0 fully saturated rings. The van der Waals surface area contributed by atoms with Crippen molar-refractivity contribution in [2.24, 2.45) is 0 Å². The van der Waals surface area contributed by atoms with Gasteiger partial charge >= 0.3 is 0 Å². The summed E-state index contributed by atoms with van der Waals surface area (Å²) in [7, 11) is -3.56. The first-order valence-electron chi connectivity index (χ1n) is 8.29. The molecular weight excluding hydrogens is 404 g/mol. The molecule has 1 aromatic carbocycles. The Morgan fingerprint density at radius 2 is 2.14 bits per heavy atom.